The average Bonchev–Trinajstić information content (AvgIpc) is 3.38. The number of fused-ring (bicyclic) bond motifs is 1. The molecule has 0 aliphatic carbocycles. The number of ether oxygens (including phenoxy) is 1. The maximum atomic E-state index is 13.9. The van der Waals surface area contributed by atoms with Gasteiger partial charge >= 0.3 is 0 Å². The van der Waals surface area contributed by atoms with E-state index in [4.69, 9.17) is 16.3 Å². The summed E-state index contributed by atoms with van der Waals surface area (Å²) in [6.07, 6.45) is 1.49. The lowest BCUT2D eigenvalue weighted by Crippen LogP contribution is -2.44. The largest absolute Gasteiger partial charge is 0.467 e. The number of amides is 2. The van der Waals surface area contributed by atoms with Crippen molar-refractivity contribution < 1.29 is 18.7 Å². The van der Waals surface area contributed by atoms with Crippen LogP contribution in [0.5, 0.6) is 5.19 Å². The van der Waals surface area contributed by atoms with Crippen LogP contribution in [0.4, 0.5) is 10.1 Å². The van der Waals surface area contributed by atoms with Crippen molar-refractivity contribution in [3.8, 4) is 5.19 Å². The molecule has 0 bridgehead atoms. The highest BCUT2D eigenvalue weighted by Crippen LogP contribution is 2.32. The summed E-state index contributed by atoms with van der Waals surface area (Å²) in [6.45, 7) is 1.51. The predicted octanol–water partition coefficient (Wildman–Crippen LogP) is 4.51. The molecule has 0 saturated carbocycles. The van der Waals surface area contributed by atoms with E-state index in [1.807, 2.05) is 11.0 Å². The SMILES string of the molecule is O=C(C1CC(=O)N(c2ccc(Cl)cc2)C1)N1CCC(Oc2nc3c(F)cccc3s2)CC1. The fraction of sp³-hybridized carbons (Fsp3) is 0.348. The molecule has 32 heavy (non-hydrogen) atoms. The molecule has 1 atom stereocenters. The highest BCUT2D eigenvalue weighted by atomic mass is 35.5. The molecule has 2 amide bonds. The number of halogens is 2. The van der Waals surface area contributed by atoms with E-state index in [9.17, 15) is 14.0 Å². The van der Waals surface area contributed by atoms with Gasteiger partial charge in [-0.3, -0.25) is 9.59 Å². The van der Waals surface area contributed by atoms with E-state index in [0.717, 1.165) is 10.4 Å². The third kappa shape index (κ3) is 4.17. The molecule has 0 spiro atoms. The minimum Gasteiger partial charge on any atom is -0.467 e. The number of para-hydroxylation sites is 1. The third-order valence-electron chi connectivity index (χ3n) is 5.98. The molecule has 0 radical (unpaired) electrons. The molecule has 2 aliphatic heterocycles. The van der Waals surface area contributed by atoms with Gasteiger partial charge in [0.05, 0.1) is 10.6 Å². The number of carbonyl (C=O) groups is 2. The van der Waals surface area contributed by atoms with E-state index in [1.165, 1.54) is 17.4 Å². The molecule has 1 aromatic heterocycles. The van der Waals surface area contributed by atoms with Crippen LogP contribution >= 0.6 is 22.9 Å². The number of piperidine rings is 1. The molecular weight excluding hydrogens is 453 g/mol. The monoisotopic (exact) mass is 473 g/mol. The lowest BCUT2D eigenvalue weighted by atomic mass is 10.0. The second-order valence-corrected chi connectivity index (χ2v) is 9.52. The summed E-state index contributed by atoms with van der Waals surface area (Å²) in [5.74, 6) is -0.738. The fourth-order valence-electron chi connectivity index (χ4n) is 4.28. The van der Waals surface area contributed by atoms with Gasteiger partial charge in [0.15, 0.2) is 0 Å². The van der Waals surface area contributed by atoms with Crippen molar-refractivity contribution in [2.45, 2.75) is 25.4 Å². The first-order valence-corrected chi connectivity index (χ1v) is 11.7. The smallest absolute Gasteiger partial charge is 0.274 e. The van der Waals surface area contributed by atoms with E-state index in [0.29, 0.717) is 48.2 Å². The van der Waals surface area contributed by atoms with Crippen molar-refractivity contribution in [3.05, 3.63) is 53.3 Å². The van der Waals surface area contributed by atoms with E-state index in [-0.39, 0.29) is 36.1 Å². The summed E-state index contributed by atoms with van der Waals surface area (Å²) in [4.78, 5) is 33.2. The molecule has 1 unspecified atom stereocenters. The highest BCUT2D eigenvalue weighted by molar-refractivity contribution is 7.20. The molecule has 9 heteroatoms. The highest BCUT2D eigenvalue weighted by Gasteiger charge is 2.38. The van der Waals surface area contributed by atoms with Gasteiger partial charge in [-0.1, -0.05) is 29.0 Å². The number of likely N-dealkylation sites (tertiary alicyclic amines) is 1. The maximum absolute atomic E-state index is 13.9. The summed E-state index contributed by atoms with van der Waals surface area (Å²) in [5.41, 5.74) is 1.09. The van der Waals surface area contributed by atoms with Crippen LogP contribution in [0.1, 0.15) is 19.3 Å². The number of nitrogens with zero attached hydrogens (tertiary/aromatic N) is 3. The van der Waals surface area contributed by atoms with Gasteiger partial charge in [0.25, 0.3) is 5.19 Å². The molecule has 2 aliphatic rings. The minimum atomic E-state index is -0.354. The van der Waals surface area contributed by atoms with E-state index in [1.54, 1.807) is 35.2 Å². The summed E-state index contributed by atoms with van der Waals surface area (Å²) in [7, 11) is 0. The number of benzene rings is 2. The van der Waals surface area contributed by atoms with Crippen molar-refractivity contribution in [2.75, 3.05) is 24.5 Å². The first kappa shape index (κ1) is 21.2. The molecule has 0 N–H and O–H groups in total. The first-order valence-electron chi connectivity index (χ1n) is 10.5. The zero-order valence-electron chi connectivity index (χ0n) is 17.2. The minimum absolute atomic E-state index is 0.00956. The van der Waals surface area contributed by atoms with Crippen LogP contribution in [0.3, 0.4) is 0 Å². The molecular formula is C23H21ClFN3O3S. The molecule has 3 aromatic rings. The normalized spacial score (nSPS) is 19.7. The zero-order chi connectivity index (χ0) is 22.2. The number of anilines is 1. The maximum Gasteiger partial charge on any atom is 0.274 e. The van der Waals surface area contributed by atoms with E-state index in [2.05, 4.69) is 4.98 Å². The second kappa shape index (κ2) is 8.67. The van der Waals surface area contributed by atoms with Crippen LogP contribution in [0.2, 0.25) is 5.02 Å². The lowest BCUT2D eigenvalue weighted by molar-refractivity contribution is -0.137. The van der Waals surface area contributed by atoms with E-state index >= 15 is 0 Å². The Kier molecular flexibility index (Phi) is 5.73. The molecule has 6 nitrogen and oxygen atoms in total. The second-order valence-electron chi connectivity index (χ2n) is 8.09. The first-order chi connectivity index (χ1) is 15.5. The molecule has 166 valence electrons. The standard InChI is InChI=1S/C23H21ClFN3O3S/c24-15-4-6-16(7-5-15)28-13-14(12-20(28)29)22(30)27-10-8-17(9-11-27)31-23-26-21-18(25)2-1-3-19(21)32-23/h1-7,14,17H,8-13H2. The molecule has 3 heterocycles. The van der Waals surface area contributed by atoms with Gasteiger partial charge in [-0.05, 0) is 36.4 Å². The Morgan fingerprint density at radius 1 is 1.16 bits per heavy atom. The summed E-state index contributed by atoms with van der Waals surface area (Å²) in [5, 5.41) is 1.06. The lowest BCUT2D eigenvalue weighted by Gasteiger charge is -2.33. The van der Waals surface area contributed by atoms with Crippen LogP contribution < -0.4 is 9.64 Å². The number of aromatic nitrogens is 1. The summed E-state index contributed by atoms with van der Waals surface area (Å²) in [6, 6.07) is 11.9. The fourth-order valence-corrected chi connectivity index (χ4v) is 5.31. The van der Waals surface area contributed by atoms with Crippen LogP contribution in [-0.4, -0.2) is 47.4 Å². The molecule has 2 fully saturated rings. The van der Waals surface area contributed by atoms with Gasteiger partial charge in [-0.15, -0.1) is 0 Å². The Morgan fingerprint density at radius 2 is 1.91 bits per heavy atom. The Balaban J connectivity index is 1.17. The van der Waals surface area contributed by atoms with Crippen LogP contribution in [-0.2, 0) is 9.59 Å². The predicted molar refractivity (Wildman–Crippen MR) is 122 cm³/mol. The Bertz CT molecular complexity index is 1160. The number of carbonyl (C=O) groups excluding carboxylic acids is 2. The van der Waals surface area contributed by atoms with Crippen molar-refractivity contribution >= 4 is 50.7 Å². The Labute approximate surface area is 193 Å². The van der Waals surface area contributed by atoms with Gasteiger partial charge in [-0.25, -0.2) is 4.39 Å². The van der Waals surface area contributed by atoms with Gasteiger partial charge in [0.2, 0.25) is 11.8 Å². The Hall–Kier alpha value is -2.71. The van der Waals surface area contributed by atoms with Crippen molar-refractivity contribution in [1.29, 1.82) is 0 Å². The van der Waals surface area contributed by atoms with Gasteiger partial charge < -0.3 is 14.5 Å². The molecule has 5 rings (SSSR count). The van der Waals surface area contributed by atoms with Crippen molar-refractivity contribution in [3.63, 3.8) is 0 Å². The average molecular weight is 474 g/mol. The van der Waals surface area contributed by atoms with Crippen molar-refractivity contribution in [1.82, 2.24) is 9.88 Å². The number of hydrogen-bond donors (Lipinski definition) is 0. The van der Waals surface area contributed by atoms with Gasteiger partial charge in [0.1, 0.15) is 17.4 Å². The number of thiazole rings is 1. The topological polar surface area (TPSA) is 62.7 Å². The van der Waals surface area contributed by atoms with Crippen LogP contribution in [0, 0.1) is 11.7 Å². The van der Waals surface area contributed by atoms with Crippen LogP contribution in [0.25, 0.3) is 10.2 Å². The van der Waals surface area contributed by atoms with Gasteiger partial charge in [-0.2, -0.15) is 4.98 Å². The van der Waals surface area contributed by atoms with E-state index < -0.39 is 0 Å². The van der Waals surface area contributed by atoms with Gasteiger partial charge in [0, 0.05) is 49.6 Å². The third-order valence-corrected chi connectivity index (χ3v) is 7.15. The Morgan fingerprint density at radius 3 is 2.62 bits per heavy atom. The molecule has 2 saturated heterocycles. The quantitative estimate of drug-likeness (QED) is 0.559. The summed E-state index contributed by atoms with van der Waals surface area (Å²) < 4.78 is 20.6. The molecule has 2 aromatic carbocycles. The number of rotatable bonds is 4. The summed E-state index contributed by atoms with van der Waals surface area (Å²) >= 11 is 7.26. The zero-order valence-corrected chi connectivity index (χ0v) is 18.7. The van der Waals surface area contributed by atoms with Crippen LogP contribution in [0.15, 0.2) is 42.5 Å². The van der Waals surface area contributed by atoms with Crippen molar-refractivity contribution in [2.24, 2.45) is 5.92 Å². The number of hydrogen-bond acceptors (Lipinski definition) is 5.